The molecule has 0 saturated carbocycles. The van der Waals surface area contributed by atoms with Crippen molar-refractivity contribution in [1.29, 1.82) is 0 Å². The largest absolute Gasteiger partial charge is 0.461 e. The third kappa shape index (κ3) is 11.0. The van der Waals surface area contributed by atoms with E-state index in [0.717, 1.165) is 17.6 Å². The SMILES string of the molecule is C=CC(=O)OCCN(C)C.Clc1ccccc1. The van der Waals surface area contributed by atoms with Gasteiger partial charge < -0.3 is 9.64 Å². The van der Waals surface area contributed by atoms with Crippen molar-refractivity contribution in [1.82, 2.24) is 4.90 Å². The molecule has 0 atom stereocenters. The van der Waals surface area contributed by atoms with Crippen LogP contribution in [0.15, 0.2) is 43.0 Å². The smallest absolute Gasteiger partial charge is 0.330 e. The average molecular weight is 256 g/mol. The summed E-state index contributed by atoms with van der Waals surface area (Å²) in [6.45, 7) is 4.45. The molecule has 1 aromatic carbocycles. The number of hydrogen-bond donors (Lipinski definition) is 0. The van der Waals surface area contributed by atoms with Gasteiger partial charge in [0, 0.05) is 17.6 Å². The summed E-state index contributed by atoms with van der Waals surface area (Å²) in [4.78, 5) is 12.4. The zero-order chi connectivity index (χ0) is 13.1. The van der Waals surface area contributed by atoms with Crippen LogP contribution in [0, 0.1) is 0 Å². The molecule has 0 aliphatic heterocycles. The van der Waals surface area contributed by atoms with E-state index in [1.54, 1.807) is 0 Å². The van der Waals surface area contributed by atoms with Gasteiger partial charge in [-0.25, -0.2) is 4.79 Å². The van der Waals surface area contributed by atoms with Gasteiger partial charge in [0.2, 0.25) is 0 Å². The van der Waals surface area contributed by atoms with Crippen molar-refractivity contribution >= 4 is 17.6 Å². The van der Waals surface area contributed by atoms with Crippen LogP contribution in [0.1, 0.15) is 0 Å². The van der Waals surface area contributed by atoms with Crippen LogP contribution in [0.25, 0.3) is 0 Å². The van der Waals surface area contributed by atoms with Crippen LogP contribution in [-0.2, 0) is 9.53 Å². The van der Waals surface area contributed by atoms with E-state index in [1.807, 2.05) is 49.3 Å². The molecule has 1 aromatic rings. The normalized spacial score (nSPS) is 9.18. The lowest BCUT2D eigenvalue weighted by atomic mass is 10.4. The van der Waals surface area contributed by atoms with Gasteiger partial charge in [0.15, 0.2) is 0 Å². The van der Waals surface area contributed by atoms with Gasteiger partial charge in [-0.1, -0.05) is 36.4 Å². The van der Waals surface area contributed by atoms with E-state index in [2.05, 4.69) is 6.58 Å². The minimum atomic E-state index is -0.359. The number of halogens is 1. The Morgan fingerprint density at radius 3 is 2.35 bits per heavy atom. The van der Waals surface area contributed by atoms with Gasteiger partial charge >= 0.3 is 5.97 Å². The van der Waals surface area contributed by atoms with E-state index in [-0.39, 0.29) is 5.97 Å². The molecule has 0 aliphatic rings. The zero-order valence-electron chi connectivity index (χ0n) is 10.2. The standard InChI is InChI=1S/C7H13NO2.C6H5Cl/c1-4-7(9)10-6-5-8(2)3;7-6-4-2-1-3-5-6/h4H,1,5-6H2,2-3H3;1-5H. The number of carbonyl (C=O) groups excluding carboxylic acids is 1. The molecule has 0 fully saturated rings. The van der Waals surface area contributed by atoms with Crippen LogP contribution in [0.4, 0.5) is 0 Å². The summed E-state index contributed by atoms with van der Waals surface area (Å²) in [6.07, 6.45) is 1.16. The van der Waals surface area contributed by atoms with Crippen molar-refractivity contribution in [2.24, 2.45) is 0 Å². The summed E-state index contributed by atoms with van der Waals surface area (Å²) in [5.74, 6) is -0.359. The molecular formula is C13H18ClNO2. The van der Waals surface area contributed by atoms with Crippen molar-refractivity contribution in [3.05, 3.63) is 48.0 Å². The first kappa shape index (κ1) is 15.7. The first-order valence-electron chi connectivity index (χ1n) is 5.20. The van der Waals surface area contributed by atoms with Crippen LogP contribution >= 0.6 is 11.6 Å². The van der Waals surface area contributed by atoms with E-state index in [9.17, 15) is 4.79 Å². The molecule has 4 heteroatoms. The Hall–Kier alpha value is -1.32. The Morgan fingerprint density at radius 2 is 2.00 bits per heavy atom. The highest BCUT2D eigenvalue weighted by atomic mass is 35.5. The highest BCUT2D eigenvalue weighted by Crippen LogP contribution is 2.03. The second-order valence-corrected chi connectivity index (χ2v) is 3.91. The van der Waals surface area contributed by atoms with Crippen molar-refractivity contribution in [2.75, 3.05) is 27.2 Å². The molecule has 1 rings (SSSR count). The Balaban J connectivity index is 0.000000318. The van der Waals surface area contributed by atoms with Gasteiger partial charge in [0.1, 0.15) is 6.61 Å². The predicted molar refractivity (Wildman–Crippen MR) is 71.2 cm³/mol. The van der Waals surface area contributed by atoms with Crippen LogP contribution in [0.2, 0.25) is 5.02 Å². The fourth-order valence-corrected chi connectivity index (χ4v) is 0.948. The second kappa shape index (κ2) is 9.87. The number of ether oxygens (including phenoxy) is 1. The molecule has 0 spiro atoms. The fourth-order valence-electron chi connectivity index (χ4n) is 0.802. The van der Waals surface area contributed by atoms with E-state index in [4.69, 9.17) is 16.3 Å². The fraction of sp³-hybridized carbons (Fsp3) is 0.308. The number of hydrogen-bond acceptors (Lipinski definition) is 3. The molecule has 0 heterocycles. The first-order valence-corrected chi connectivity index (χ1v) is 5.58. The highest BCUT2D eigenvalue weighted by Gasteiger charge is 1.94. The van der Waals surface area contributed by atoms with Crippen molar-refractivity contribution in [3.8, 4) is 0 Å². The molecule has 0 radical (unpaired) electrons. The second-order valence-electron chi connectivity index (χ2n) is 3.47. The Bertz CT molecular complexity index is 325. The number of likely N-dealkylation sites (N-methyl/N-ethyl adjacent to an activating group) is 1. The lowest BCUT2D eigenvalue weighted by Crippen LogP contribution is -2.19. The van der Waals surface area contributed by atoms with Gasteiger partial charge in [0.05, 0.1) is 0 Å². The molecule has 0 aromatic heterocycles. The maximum atomic E-state index is 10.4. The van der Waals surface area contributed by atoms with Gasteiger partial charge in [-0.15, -0.1) is 0 Å². The minimum Gasteiger partial charge on any atom is -0.461 e. The summed E-state index contributed by atoms with van der Waals surface area (Å²) in [5, 5.41) is 0.794. The van der Waals surface area contributed by atoms with Crippen LogP contribution < -0.4 is 0 Å². The van der Waals surface area contributed by atoms with E-state index >= 15 is 0 Å². The summed E-state index contributed by atoms with van der Waals surface area (Å²) in [5.41, 5.74) is 0. The Kier molecular flexibility index (Phi) is 9.11. The van der Waals surface area contributed by atoms with Crippen molar-refractivity contribution in [3.63, 3.8) is 0 Å². The van der Waals surface area contributed by atoms with Crippen molar-refractivity contribution in [2.45, 2.75) is 0 Å². The topological polar surface area (TPSA) is 29.5 Å². The number of esters is 1. The number of carbonyl (C=O) groups is 1. The van der Waals surface area contributed by atoms with E-state index < -0.39 is 0 Å². The van der Waals surface area contributed by atoms with Gasteiger partial charge in [0.25, 0.3) is 0 Å². The minimum absolute atomic E-state index is 0.359. The lowest BCUT2D eigenvalue weighted by Gasteiger charge is -2.07. The molecule has 94 valence electrons. The molecule has 3 nitrogen and oxygen atoms in total. The zero-order valence-corrected chi connectivity index (χ0v) is 11.0. The third-order valence-corrected chi connectivity index (χ3v) is 1.93. The maximum absolute atomic E-state index is 10.4. The van der Waals surface area contributed by atoms with Crippen LogP contribution in [-0.4, -0.2) is 38.1 Å². The predicted octanol–water partition coefficient (Wildman–Crippen LogP) is 2.62. The summed E-state index contributed by atoms with van der Waals surface area (Å²) < 4.78 is 4.70. The van der Waals surface area contributed by atoms with Gasteiger partial charge in [-0.2, -0.15) is 0 Å². The van der Waals surface area contributed by atoms with E-state index in [1.165, 1.54) is 0 Å². The monoisotopic (exact) mass is 255 g/mol. The molecule has 0 saturated heterocycles. The van der Waals surface area contributed by atoms with Crippen molar-refractivity contribution < 1.29 is 9.53 Å². The molecular weight excluding hydrogens is 238 g/mol. The van der Waals surface area contributed by atoms with Gasteiger partial charge in [-0.05, 0) is 26.2 Å². The third-order valence-electron chi connectivity index (χ3n) is 1.68. The van der Waals surface area contributed by atoms with E-state index in [0.29, 0.717) is 6.61 Å². The molecule has 0 unspecified atom stereocenters. The molecule has 0 bridgehead atoms. The number of benzene rings is 1. The summed E-state index contributed by atoms with van der Waals surface area (Å²) in [6, 6.07) is 9.44. The lowest BCUT2D eigenvalue weighted by molar-refractivity contribution is -0.137. The maximum Gasteiger partial charge on any atom is 0.330 e. The van der Waals surface area contributed by atoms with Crippen LogP contribution in [0.5, 0.6) is 0 Å². The molecule has 0 aliphatic carbocycles. The first-order chi connectivity index (χ1) is 8.06. The molecule has 0 amide bonds. The summed E-state index contributed by atoms with van der Waals surface area (Å²) in [7, 11) is 3.84. The average Bonchev–Trinajstić information content (AvgIpc) is 2.30. The molecule has 0 N–H and O–H groups in total. The Labute approximate surface area is 108 Å². The number of rotatable bonds is 4. The summed E-state index contributed by atoms with van der Waals surface area (Å²) >= 11 is 5.54. The number of nitrogens with zero attached hydrogens (tertiary/aromatic N) is 1. The van der Waals surface area contributed by atoms with Gasteiger partial charge in [-0.3, -0.25) is 0 Å². The quantitative estimate of drug-likeness (QED) is 0.612. The highest BCUT2D eigenvalue weighted by molar-refractivity contribution is 6.30. The van der Waals surface area contributed by atoms with Crippen LogP contribution in [0.3, 0.4) is 0 Å². The Morgan fingerprint density at radius 1 is 1.41 bits per heavy atom. The molecule has 17 heavy (non-hydrogen) atoms.